The number of aromatic nitrogens is 3. The lowest BCUT2D eigenvalue weighted by Gasteiger charge is -2.11. The summed E-state index contributed by atoms with van der Waals surface area (Å²) in [6.45, 7) is 0. The highest BCUT2D eigenvalue weighted by molar-refractivity contribution is 6.03. The zero-order valence-corrected chi connectivity index (χ0v) is 15.9. The molecule has 0 unspecified atom stereocenters. The minimum atomic E-state index is -4.76. The lowest BCUT2D eigenvalue weighted by molar-refractivity contribution is -0.142. The Hall–Kier alpha value is -3.95. The zero-order valence-electron chi connectivity index (χ0n) is 15.9. The Morgan fingerprint density at radius 1 is 1.06 bits per heavy atom. The van der Waals surface area contributed by atoms with E-state index < -0.39 is 23.6 Å². The van der Waals surface area contributed by atoms with Gasteiger partial charge in [0.15, 0.2) is 17.0 Å². The summed E-state index contributed by atoms with van der Waals surface area (Å²) in [4.78, 5) is 16.7. The first-order valence-electron chi connectivity index (χ1n) is 8.94. The van der Waals surface area contributed by atoms with E-state index in [1.54, 1.807) is 24.3 Å². The first-order chi connectivity index (χ1) is 14.7. The Morgan fingerprint density at radius 2 is 1.81 bits per heavy atom. The molecule has 0 atom stereocenters. The minimum Gasteiger partial charge on any atom is -0.497 e. The number of fused-ring (bicyclic) bond motifs is 1. The molecular weight excluding hydrogens is 416 g/mol. The Balaban J connectivity index is 1.76. The number of carbonyl (C=O) groups is 1. The largest absolute Gasteiger partial charge is 0.497 e. The summed E-state index contributed by atoms with van der Waals surface area (Å²) in [6.07, 6.45) is -4.76. The van der Waals surface area contributed by atoms with Gasteiger partial charge in [-0.2, -0.15) is 18.3 Å². The molecule has 1 amide bonds. The first-order valence-corrected chi connectivity index (χ1v) is 8.94. The Labute approximate surface area is 173 Å². The normalized spacial score (nSPS) is 11.5. The number of hydrogen-bond donors (Lipinski definition) is 1. The molecule has 0 radical (unpaired) electrons. The van der Waals surface area contributed by atoms with Gasteiger partial charge in [-0.15, -0.1) is 0 Å². The van der Waals surface area contributed by atoms with Crippen LogP contribution in [-0.2, 0) is 6.18 Å². The van der Waals surface area contributed by atoms with Crippen LogP contribution in [0.1, 0.15) is 16.2 Å². The fourth-order valence-corrected chi connectivity index (χ4v) is 2.95. The number of nitrogens with one attached hydrogen (secondary N) is 1. The van der Waals surface area contributed by atoms with Gasteiger partial charge < -0.3 is 10.1 Å². The van der Waals surface area contributed by atoms with Crippen LogP contribution in [0.4, 0.5) is 23.2 Å². The molecule has 4 aromatic rings. The second-order valence-corrected chi connectivity index (χ2v) is 6.52. The number of nitrogens with zero attached hydrogens (tertiary/aromatic N) is 3. The molecule has 6 nitrogen and oxygen atoms in total. The van der Waals surface area contributed by atoms with Crippen LogP contribution in [0.25, 0.3) is 16.9 Å². The van der Waals surface area contributed by atoms with Gasteiger partial charge in [0.05, 0.1) is 12.8 Å². The number of hydrogen-bond acceptors (Lipinski definition) is 4. The topological polar surface area (TPSA) is 68.5 Å². The van der Waals surface area contributed by atoms with Crippen molar-refractivity contribution in [1.29, 1.82) is 0 Å². The maximum absolute atomic E-state index is 13.7. The van der Waals surface area contributed by atoms with Crippen LogP contribution in [-0.4, -0.2) is 27.6 Å². The van der Waals surface area contributed by atoms with Crippen molar-refractivity contribution in [3.8, 4) is 17.0 Å². The van der Waals surface area contributed by atoms with Crippen LogP contribution in [0.2, 0.25) is 0 Å². The SMILES string of the molecule is COc1cccc(NC(=O)c2cc3nc(-c4ccc(F)cc4)cc(C(F)(F)F)n3n2)c1. The van der Waals surface area contributed by atoms with Crippen LogP contribution in [0.5, 0.6) is 5.75 Å². The number of benzene rings is 2. The molecule has 2 aromatic heterocycles. The molecule has 0 aliphatic carbocycles. The van der Waals surface area contributed by atoms with Crippen molar-refractivity contribution >= 4 is 17.2 Å². The summed E-state index contributed by atoms with van der Waals surface area (Å²) in [5, 5.41) is 6.36. The summed E-state index contributed by atoms with van der Waals surface area (Å²) < 4.78 is 59.8. The number of methoxy groups -OCH3 is 1. The lowest BCUT2D eigenvalue weighted by atomic mass is 10.1. The van der Waals surface area contributed by atoms with Crippen molar-refractivity contribution in [2.45, 2.75) is 6.18 Å². The Bertz CT molecular complexity index is 1270. The molecule has 0 saturated heterocycles. The Kier molecular flexibility index (Phi) is 5.05. The van der Waals surface area contributed by atoms with Gasteiger partial charge in [0.2, 0.25) is 0 Å². The summed E-state index contributed by atoms with van der Waals surface area (Å²) >= 11 is 0. The van der Waals surface area contributed by atoms with Crippen molar-refractivity contribution in [2.75, 3.05) is 12.4 Å². The predicted octanol–water partition coefficient (Wildman–Crippen LogP) is 4.82. The van der Waals surface area contributed by atoms with Crippen LogP contribution in [0.3, 0.4) is 0 Å². The van der Waals surface area contributed by atoms with Gasteiger partial charge in [-0.1, -0.05) is 6.07 Å². The molecule has 2 aromatic carbocycles. The molecule has 0 bridgehead atoms. The van der Waals surface area contributed by atoms with E-state index in [1.165, 1.54) is 19.2 Å². The second kappa shape index (κ2) is 7.71. The molecule has 158 valence electrons. The van der Waals surface area contributed by atoms with Gasteiger partial charge in [0.1, 0.15) is 11.6 Å². The Morgan fingerprint density at radius 3 is 2.48 bits per heavy atom. The molecule has 0 aliphatic rings. The quantitative estimate of drug-likeness (QED) is 0.472. The van der Waals surface area contributed by atoms with Gasteiger partial charge in [-0.3, -0.25) is 4.79 Å². The zero-order chi connectivity index (χ0) is 22.2. The number of anilines is 1. The number of alkyl halides is 3. The molecule has 4 rings (SSSR count). The summed E-state index contributed by atoms with van der Waals surface area (Å²) in [6, 6.07) is 13.3. The van der Waals surface area contributed by atoms with Crippen molar-refractivity contribution in [3.63, 3.8) is 0 Å². The van der Waals surface area contributed by atoms with E-state index in [0.717, 1.165) is 24.3 Å². The number of rotatable bonds is 4. The minimum absolute atomic E-state index is 0.0283. The average molecular weight is 430 g/mol. The molecule has 1 N–H and O–H groups in total. The van der Waals surface area contributed by atoms with Crippen LogP contribution >= 0.6 is 0 Å². The van der Waals surface area contributed by atoms with Gasteiger partial charge in [-0.25, -0.2) is 13.9 Å². The third-order valence-corrected chi connectivity index (χ3v) is 4.42. The van der Waals surface area contributed by atoms with E-state index in [4.69, 9.17) is 4.74 Å². The molecule has 0 spiro atoms. The molecule has 31 heavy (non-hydrogen) atoms. The van der Waals surface area contributed by atoms with Crippen LogP contribution < -0.4 is 10.1 Å². The van der Waals surface area contributed by atoms with Gasteiger partial charge in [0, 0.05) is 23.4 Å². The molecule has 10 heteroatoms. The molecule has 0 fully saturated rings. The fourth-order valence-electron chi connectivity index (χ4n) is 2.95. The molecule has 2 heterocycles. The third kappa shape index (κ3) is 4.18. The number of amides is 1. The summed E-state index contributed by atoms with van der Waals surface area (Å²) in [5.74, 6) is -0.741. The highest BCUT2D eigenvalue weighted by Gasteiger charge is 2.35. The summed E-state index contributed by atoms with van der Waals surface area (Å²) in [7, 11) is 1.46. The van der Waals surface area contributed by atoms with E-state index in [-0.39, 0.29) is 22.6 Å². The standard InChI is InChI=1S/C21H14F4N4O2/c1-31-15-4-2-3-14(9-15)26-20(30)17-11-19-27-16(12-5-7-13(22)8-6-12)10-18(21(23,24)25)29(19)28-17/h2-11H,1H3,(H,26,30). The van der Waals surface area contributed by atoms with Crippen molar-refractivity contribution in [1.82, 2.24) is 14.6 Å². The van der Waals surface area contributed by atoms with Crippen molar-refractivity contribution in [3.05, 3.63) is 77.9 Å². The number of ether oxygens (including phenoxy) is 1. The maximum atomic E-state index is 13.7. The lowest BCUT2D eigenvalue weighted by Crippen LogP contribution is -2.15. The van der Waals surface area contributed by atoms with Crippen LogP contribution in [0, 0.1) is 5.82 Å². The number of halogens is 4. The average Bonchev–Trinajstić information content (AvgIpc) is 3.17. The van der Waals surface area contributed by atoms with Gasteiger partial charge in [0.25, 0.3) is 5.91 Å². The molecule has 0 saturated carbocycles. The van der Waals surface area contributed by atoms with E-state index in [2.05, 4.69) is 15.4 Å². The van der Waals surface area contributed by atoms with Crippen LogP contribution in [0.15, 0.2) is 60.7 Å². The molecule has 0 aliphatic heterocycles. The highest BCUT2D eigenvalue weighted by Crippen LogP contribution is 2.32. The maximum Gasteiger partial charge on any atom is 0.433 e. The van der Waals surface area contributed by atoms with E-state index in [9.17, 15) is 22.4 Å². The second-order valence-electron chi connectivity index (χ2n) is 6.52. The van der Waals surface area contributed by atoms with E-state index in [1.807, 2.05) is 0 Å². The van der Waals surface area contributed by atoms with Gasteiger partial charge >= 0.3 is 6.18 Å². The third-order valence-electron chi connectivity index (χ3n) is 4.42. The predicted molar refractivity (Wildman–Crippen MR) is 104 cm³/mol. The van der Waals surface area contributed by atoms with Crippen molar-refractivity contribution in [2.24, 2.45) is 0 Å². The summed E-state index contributed by atoms with van der Waals surface area (Å²) in [5.41, 5.74) is -0.894. The first kappa shape index (κ1) is 20.3. The van der Waals surface area contributed by atoms with Gasteiger partial charge in [-0.05, 0) is 42.5 Å². The van der Waals surface area contributed by atoms with Crippen molar-refractivity contribution < 1.29 is 27.1 Å². The van der Waals surface area contributed by atoms with E-state index >= 15 is 0 Å². The van der Waals surface area contributed by atoms with E-state index in [0.29, 0.717) is 16.0 Å². The fraction of sp³-hybridized carbons (Fsp3) is 0.0952. The monoisotopic (exact) mass is 430 g/mol. The number of carbonyl (C=O) groups excluding carboxylic acids is 1. The highest BCUT2D eigenvalue weighted by atomic mass is 19.4. The smallest absolute Gasteiger partial charge is 0.433 e. The molecular formula is C21H14F4N4O2.